The van der Waals surface area contributed by atoms with Gasteiger partial charge in [0.2, 0.25) is 0 Å². The number of hydrogen-bond donors (Lipinski definition) is 0. The van der Waals surface area contributed by atoms with Gasteiger partial charge >= 0.3 is 0 Å². The van der Waals surface area contributed by atoms with E-state index in [0.29, 0.717) is 6.61 Å². The minimum atomic E-state index is 0.545. The Labute approximate surface area is 81.2 Å². The third-order valence-electron chi connectivity index (χ3n) is 1.51. The van der Waals surface area contributed by atoms with E-state index in [-0.39, 0.29) is 0 Å². The van der Waals surface area contributed by atoms with Crippen LogP contribution in [0.3, 0.4) is 0 Å². The zero-order valence-corrected chi connectivity index (χ0v) is 8.60. The van der Waals surface area contributed by atoms with Crippen molar-refractivity contribution < 1.29 is 4.74 Å². The van der Waals surface area contributed by atoms with Gasteiger partial charge in [0.05, 0.1) is 4.47 Å². The minimum Gasteiger partial charge on any atom is -0.488 e. The number of benzene rings is 1. The molecule has 0 aromatic heterocycles. The number of aryl methyl sites for hydroxylation is 1. The molecule has 0 spiro atoms. The van der Waals surface area contributed by atoms with Crippen molar-refractivity contribution in [3.05, 3.63) is 40.9 Å². The maximum Gasteiger partial charge on any atom is 0.136 e. The molecule has 0 saturated heterocycles. The standard InChI is InChI=1S/C10H11BrO/c1-3-7-12-10-8(2)5-4-6-9(10)11/h3-6H,1,7H2,2H3. The van der Waals surface area contributed by atoms with Crippen LogP contribution in [0.4, 0.5) is 0 Å². The highest BCUT2D eigenvalue weighted by atomic mass is 79.9. The van der Waals surface area contributed by atoms with Crippen molar-refractivity contribution in [1.29, 1.82) is 0 Å². The first-order valence-electron chi connectivity index (χ1n) is 3.74. The van der Waals surface area contributed by atoms with Crippen LogP contribution >= 0.6 is 15.9 Å². The molecule has 0 radical (unpaired) electrons. The number of rotatable bonds is 3. The van der Waals surface area contributed by atoms with E-state index in [1.54, 1.807) is 6.08 Å². The lowest BCUT2D eigenvalue weighted by Gasteiger charge is -2.08. The van der Waals surface area contributed by atoms with Crippen molar-refractivity contribution in [3.8, 4) is 5.75 Å². The van der Waals surface area contributed by atoms with E-state index >= 15 is 0 Å². The normalized spacial score (nSPS) is 9.50. The molecule has 0 N–H and O–H groups in total. The molecular formula is C10H11BrO. The van der Waals surface area contributed by atoms with Crippen molar-refractivity contribution in [2.24, 2.45) is 0 Å². The summed E-state index contributed by atoms with van der Waals surface area (Å²) < 4.78 is 6.44. The van der Waals surface area contributed by atoms with Crippen molar-refractivity contribution in [3.63, 3.8) is 0 Å². The largest absolute Gasteiger partial charge is 0.488 e. The predicted octanol–water partition coefficient (Wildman–Crippen LogP) is 3.32. The lowest BCUT2D eigenvalue weighted by atomic mass is 10.2. The van der Waals surface area contributed by atoms with Crippen LogP contribution in [0.25, 0.3) is 0 Å². The molecule has 0 atom stereocenters. The predicted molar refractivity (Wildman–Crippen MR) is 54.6 cm³/mol. The molecule has 12 heavy (non-hydrogen) atoms. The Morgan fingerprint density at radius 3 is 2.92 bits per heavy atom. The van der Waals surface area contributed by atoms with Crippen LogP contribution in [-0.2, 0) is 0 Å². The summed E-state index contributed by atoms with van der Waals surface area (Å²) >= 11 is 3.42. The average Bonchev–Trinajstić information content (AvgIpc) is 2.04. The van der Waals surface area contributed by atoms with Gasteiger partial charge in [-0.1, -0.05) is 24.8 Å². The van der Waals surface area contributed by atoms with Gasteiger partial charge in [0.1, 0.15) is 12.4 Å². The summed E-state index contributed by atoms with van der Waals surface area (Å²) in [6, 6.07) is 5.97. The van der Waals surface area contributed by atoms with Crippen molar-refractivity contribution in [2.45, 2.75) is 6.92 Å². The van der Waals surface area contributed by atoms with Crippen molar-refractivity contribution >= 4 is 15.9 Å². The highest BCUT2D eigenvalue weighted by Crippen LogP contribution is 2.28. The van der Waals surface area contributed by atoms with Crippen LogP contribution in [0, 0.1) is 6.92 Å². The Kier molecular flexibility index (Phi) is 3.35. The van der Waals surface area contributed by atoms with E-state index in [1.165, 1.54) is 0 Å². The summed E-state index contributed by atoms with van der Waals surface area (Å²) in [5.41, 5.74) is 1.13. The Morgan fingerprint density at radius 2 is 2.33 bits per heavy atom. The van der Waals surface area contributed by atoms with Gasteiger partial charge in [-0.2, -0.15) is 0 Å². The van der Waals surface area contributed by atoms with Crippen LogP contribution in [0.5, 0.6) is 5.75 Å². The first-order valence-corrected chi connectivity index (χ1v) is 4.54. The van der Waals surface area contributed by atoms with E-state index in [0.717, 1.165) is 15.8 Å². The zero-order valence-electron chi connectivity index (χ0n) is 7.01. The first kappa shape index (κ1) is 9.33. The smallest absolute Gasteiger partial charge is 0.136 e. The lowest BCUT2D eigenvalue weighted by molar-refractivity contribution is 0.358. The molecule has 0 aliphatic carbocycles. The molecule has 0 heterocycles. The van der Waals surface area contributed by atoms with Gasteiger partial charge in [-0.15, -0.1) is 0 Å². The molecule has 1 aromatic rings. The maximum absolute atomic E-state index is 5.45. The van der Waals surface area contributed by atoms with Crippen LogP contribution in [-0.4, -0.2) is 6.61 Å². The molecule has 0 unspecified atom stereocenters. The lowest BCUT2D eigenvalue weighted by Crippen LogP contribution is -1.95. The first-order chi connectivity index (χ1) is 5.75. The van der Waals surface area contributed by atoms with Crippen LogP contribution in [0.1, 0.15) is 5.56 Å². The summed E-state index contributed by atoms with van der Waals surface area (Å²) in [5, 5.41) is 0. The molecule has 1 nitrogen and oxygen atoms in total. The van der Waals surface area contributed by atoms with Gasteiger partial charge < -0.3 is 4.74 Å². The molecular weight excluding hydrogens is 216 g/mol. The number of halogens is 1. The Bertz CT molecular complexity index is 261. The Hall–Kier alpha value is -0.760. The third-order valence-corrected chi connectivity index (χ3v) is 2.13. The van der Waals surface area contributed by atoms with E-state index in [1.807, 2.05) is 25.1 Å². The number of para-hydroxylation sites is 1. The van der Waals surface area contributed by atoms with E-state index in [4.69, 9.17) is 4.74 Å². The molecule has 0 amide bonds. The Morgan fingerprint density at radius 1 is 1.58 bits per heavy atom. The summed E-state index contributed by atoms with van der Waals surface area (Å²) in [7, 11) is 0. The summed E-state index contributed by atoms with van der Waals surface area (Å²) in [5.74, 6) is 0.900. The highest BCUT2D eigenvalue weighted by molar-refractivity contribution is 9.10. The van der Waals surface area contributed by atoms with Crippen LogP contribution < -0.4 is 4.74 Å². The van der Waals surface area contributed by atoms with Crippen molar-refractivity contribution in [2.75, 3.05) is 6.61 Å². The van der Waals surface area contributed by atoms with Crippen LogP contribution in [0.15, 0.2) is 35.3 Å². The van der Waals surface area contributed by atoms with E-state index < -0.39 is 0 Å². The van der Waals surface area contributed by atoms with E-state index in [9.17, 15) is 0 Å². The minimum absolute atomic E-state index is 0.545. The molecule has 0 aliphatic heterocycles. The molecule has 1 rings (SSSR count). The Balaban J connectivity index is 2.88. The topological polar surface area (TPSA) is 9.23 Å². The number of ether oxygens (including phenoxy) is 1. The molecule has 0 bridgehead atoms. The molecule has 0 aliphatic rings. The molecule has 2 heteroatoms. The quantitative estimate of drug-likeness (QED) is 0.719. The van der Waals surface area contributed by atoms with Gasteiger partial charge in [0, 0.05) is 0 Å². The second-order valence-electron chi connectivity index (χ2n) is 2.49. The molecule has 1 aromatic carbocycles. The van der Waals surface area contributed by atoms with Gasteiger partial charge in [-0.25, -0.2) is 0 Å². The second kappa shape index (κ2) is 4.31. The fourth-order valence-electron chi connectivity index (χ4n) is 0.942. The van der Waals surface area contributed by atoms with E-state index in [2.05, 4.69) is 22.5 Å². The van der Waals surface area contributed by atoms with Crippen molar-refractivity contribution in [1.82, 2.24) is 0 Å². The summed E-state index contributed by atoms with van der Waals surface area (Å²) in [4.78, 5) is 0. The number of hydrogen-bond acceptors (Lipinski definition) is 1. The van der Waals surface area contributed by atoms with Gasteiger partial charge in [-0.3, -0.25) is 0 Å². The fourth-order valence-corrected chi connectivity index (χ4v) is 1.52. The summed E-state index contributed by atoms with van der Waals surface area (Å²) in [6.45, 7) is 6.16. The highest BCUT2D eigenvalue weighted by Gasteiger charge is 2.02. The second-order valence-corrected chi connectivity index (χ2v) is 3.34. The molecule has 64 valence electrons. The zero-order chi connectivity index (χ0) is 8.97. The van der Waals surface area contributed by atoms with Gasteiger partial charge in [0.15, 0.2) is 0 Å². The molecule has 0 fully saturated rings. The average molecular weight is 227 g/mol. The monoisotopic (exact) mass is 226 g/mol. The third kappa shape index (κ3) is 2.11. The summed E-state index contributed by atoms with van der Waals surface area (Å²) in [6.07, 6.45) is 1.74. The van der Waals surface area contributed by atoms with Gasteiger partial charge in [0.25, 0.3) is 0 Å². The SMILES string of the molecule is C=CCOc1c(C)cccc1Br. The molecule has 0 saturated carbocycles. The fraction of sp³-hybridized carbons (Fsp3) is 0.200. The van der Waals surface area contributed by atoms with Gasteiger partial charge in [-0.05, 0) is 34.5 Å². The van der Waals surface area contributed by atoms with Crippen LogP contribution in [0.2, 0.25) is 0 Å². The maximum atomic E-state index is 5.45.